The highest BCUT2D eigenvalue weighted by Crippen LogP contribution is 2.29. The van der Waals surface area contributed by atoms with Crippen LogP contribution in [0.4, 0.5) is 11.5 Å². The van der Waals surface area contributed by atoms with Crippen LogP contribution in [0.15, 0.2) is 42.6 Å². The van der Waals surface area contributed by atoms with Crippen molar-refractivity contribution >= 4 is 40.6 Å². The van der Waals surface area contributed by atoms with E-state index in [1.54, 1.807) is 24.4 Å². The van der Waals surface area contributed by atoms with Crippen molar-refractivity contribution in [2.45, 2.75) is 13.0 Å². The largest absolute Gasteiger partial charge is 0.354 e. The van der Waals surface area contributed by atoms with Gasteiger partial charge in [0, 0.05) is 32.4 Å². The highest BCUT2D eigenvalue weighted by molar-refractivity contribution is 6.44. The first-order valence-corrected chi connectivity index (χ1v) is 8.97. The van der Waals surface area contributed by atoms with Gasteiger partial charge in [0.25, 0.3) is 0 Å². The zero-order valence-corrected chi connectivity index (χ0v) is 15.5. The number of hydrogen-bond acceptors (Lipinski definition) is 4. The summed E-state index contributed by atoms with van der Waals surface area (Å²) in [7, 11) is 0. The normalized spacial score (nSPS) is 16.5. The van der Waals surface area contributed by atoms with Crippen molar-refractivity contribution in [1.82, 2.24) is 9.88 Å². The van der Waals surface area contributed by atoms with Gasteiger partial charge in [0.1, 0.15) is 5.82 Å². The number of hydrogen-bond donors (Lipinski definition) is 1. The molecule has 0 bridgehead atoms. The summed E-state index contributed by atoms with van der Waals surface area (Å²) in [6.45, 7) is 5.19. The SMILES string of the molecule is C[C@H](C(=O)Nc1cccc(Cl)c1Cl)N1CCN(c2ccccn2)CC1. The second-order valence-corrected chi connectivity index (χ2v) is 6.76. The maximum atomic E-state index is 12.5. The molecular formula is C18H20Cl2N4O. The molecule has 1 atom stereocenters. The number of amides is 1. The Kier molecular flexibility index (Phi) is 5.78. The molecule has 5 nitrogen and oxygen atoms in total. The lowest BCUT2D eigenvalue weighted by Gasteiger charge is -2.38. The summed E-state index contributed by atoms with van der Waals surface area (Å²) in [6.07, 6.45) is 1.80. The molecule has 25 heavy (non-hydrogen) atoms. The number of piperazine rings is 1. The lowest BCUT2D eigenvalue weighted by atomic mass is 10.2. The molecule has 1 aliphatic rings. The molecule has 7 heteroatoms. The Hall–Kier alpha value is -1.82. The minimum atomic E-state index is -0.249. The fourth-order valence-corrected chi connectivity index (χ4v) is 3.23. The summed E-state index contributed by atoms with van der Waals surface area (Å²) >= 11 is 12.1. The second kappa shape index (κ2) is 8.04. The van der Waals surface area contributed by atoms with Gasteiger partial charge in [-0.25, -0.2) is 4.98 Å². The molecule has 1 aliphatic heterocycles. The number of benzene rings is 1. The molecule has 1 fully saturated rings. The lowest BCUT2D eigenvalue weighted by Crippen LogP contribution is -2.53. The highest BCUT2D eigenvalue weighted by Gasteiger charge is 2.26. The van der Waals surface area contributed by atoms with Crippen LogP contribution in [0.5, 0.6) is 0 Å². The average Bonchev–Trinajstić information content (AvgIpc) is 2.65. The Labute approximate surface area is 157 Å². The Balaban J connectivity index is 1.58. The molecule has 2 heterocycles. The summed E-state index contributed by atoms with van der Waals surface area (Å²) in [5, 5.41) is 3.66. The number of rotatable bonds is 4. The van der Waals surface area contributed by atoms with Crippen molar-refractivity contribution in [2.75, 3.05) is 36.4 Å². The zero-order valence-electron chi connectivity index (χ0n) is 14.0. The van der Waals surface area contributed by atoms with Crippen LogP contribution in [0.1, 0.15) is 6.92 Å². The molecule has 132 valence electrons. The molecule has 0 radical (unpaired) electrons. The maximum Gasteiger partial charge on any atom is 0.241 e. The molecule has 2 aromatic rings. The second-order valence-electron chi connectivity index (χ2n) is 5.98. The zero-order chi connectivity index (χ0) is 17.8. The van der Waals surface area contributed by atoms with Crippen LogP contribution in [0, 0.1) is 0 Å². The third-order valence-corrected chi connectivity index (χ3v) is 5.24. The fourth-order valence-electron chi connectivity index (χ4n) is 2.88. The molecule has 0 saturated carbocycles. The predicted octanol–water partition coefficient (Wildman–Crippen LogP) is 3.54. The maximum absolute atomic E-state index is 12.5. The van der Waals surface area contributed by atoms with E-state index in [1.165, 1.54) is 0 Å². The number of carbonyl (C=O) groups is 1. The highest BCUT2D eigenvalue weighted by atomic mass is 35.5. The van der Waals surface area contributed by atoms with E-state index in [1.807, 2.05) is 25.1 Å². The van der Waals surface area contributed by atoms with Gasteiger partial charge in [-0.1, -0.05) is 35.3 Å². The molecule has 1 N–H and O–H groups in total. The molecule has 0 aliphatic carbocycles. The topological polar surface area (TPSA) is 48.5 Å². The van der Waals surface area contributed by atoms with Crippen molar-refractivity contribution in [3.8, 4) is 0 Å². The molecule has 1 saturated heterocycles. The van der Waals surface area contributed by atoms with E-state index >= 15 is 0 Å². The third-order valence-electron chi connectivity index (χ3n) is 4.42. The van der Waals surface area contributed by atoms with E-state index in [0.29, 0.717) is 15.7 Å². The number of nitrogens with zero attached hydrogens (tertiary/aromatic N) is 3. The molecule has 1 amide bonds. The van der Waals surface area contributed by atoms with E-state index in [2.05, 4.69) is 20.1 Å². The number of aromatic nitrogens is 1. The Morgan fingerprint density at radius 1 is 1.12 bits per heavy atom. The smallest absolute Gasteiger partial charge is 0.241 e. The number of halogens is 2. The predicted molar refractivity (Wildman–Crippen MR) is 103 cm³/mol. The Morgan fingerprint density at radius 2 is 1.88 bits per heavy atom. The fraction of sp³-hybridized carbons (Fsp3) is 0.333. The monoisotopic (exact) mass is 378 g/mol. The van der Waals surface area contributed by atoms with Gasteiger partial charge < -0.3 is 10.2 Å². The number of anilines is 2. The summed E-state index contributed by atoms with van der Waals surface area (Å²) in [6, 6.07) is 10.9. The molecule has 1 aromatic carbocycles. The van der Waals surface area contributed by atoms with Gasteiger partial charge in [-0.15, -0.1) is 0 Å². The molecule has 0 spiro atoms. The number of carbonyl (C=O) groups excluding carboxylic acids is 1. The van der Waals surface area contributed by atoms with Crippen molar-refractivity contribution in [3.05, 3.63) is 52.6 Å². The first-order chi connectivity index (χ1) is 12.1. The summed E-state index contributed by atoms with van der Waals surface area (Å²) in [4.78, 5) is 21.3. The summed E-state index contributed by atoms with van der Waals surface area (Å²) in [5.74, 6) is 0.889. The van der Waals surface area contributed by atoms with E-state index in [9.17, 15) is 4.79 Å². The molecule has 0 unspecified atom stereocenters. The minimum Gasteiger partial charge on any atom is -0.354 e. The molecule has 3 rings (SSSR count). The van der Waals surface area contributed by atoms with Crippen molar-refractivity contribution in [2.24, 2.45) is 0 Å². The van der Waals surface area contributed by atoms with Gasteiger partial charge in [0.15, 0.2) is 0 Å². The van der Waals surface area contributed by atoms with Gasteiger partial charge in [-0.2, -0.15) is 0 Å². The first-order valence-electron chi connectivity index (χ1n) is 8.21. The van der Waals surface area contributed by atoms with Gasteiger partial charge in [0.05, 0.1) is 21.8 Å². The van der Waals surface area contributed by atoms with Crippen LogP contribution in [-0.2, 0) is 4.79 Å². The van der Waals surface area contributed by atoms with Crippen LogP contribution < -0.4 is 10.2 Å². The van der Waals surface area contributed by atoms with Crippen molar-refractivity contribution < 1.29 is 4.79 Å². The van der Waals surface area contributed by atoms with E-state index in [0.717, 1.165) is 32.0 Å². The Morgan fingerprint density at radius 3 is 2.56 bits per heavy atom. The van der Waals surface area contributed by atoms with Crippen molar-refractivity contribution in [3.63, 3.8) is 0 Å². The van der Waals surface area contributed by atoms with Gasteiger partial charge in [-0.05, 0) is 31.2 Å². The van der Waals surface area contributed by atoms with Crippen LogP contribution in [0.3, 0.4) is 0 Å². The van der Waals surface area contributed by atoms with Gasteiger partial charge in [-0.3, -0.25) is 9.69 Å². The van der Waals surface area contributed by atoms with E-state index in [4.69, 9.17) is 23.2 Å². The van der Waals surface area contributed by atoms with Crippen LogP contribution in [0.25, 0.3) is 0 Å². The quantitative estimate of drug-likeness (QED) is 0.883. The van der Waals surface area contributed by atoms with E-state index in [-0.39, 0.29) is 11.9 Å². The summed E-state index contributed by atoms with van der Waals surface area (Å²) < 4.78 is 0. The third kappa shape index (κ3) is 4.24. The van der Waals surface area contributed by atoms with Crippen LogP contribution in [-0.4, -0.2) is 48.0 Å². The van der Waals surface area contributed by atoms with Crippen molar-refractivity contribution in [1.29, 1.82) is 0 Å². The molecular weight excluding hydrogens is 359 g/mol. The lowest BCUT2D eigenvalue weighted by molar-refractivity contribution is -0.120. The minimum absolute atomic E-state index is 0.0875. The summed E-state index contributed by atoms with van der Waals surface area (Å²) in [5.41, 5.74) is 0.540. The average molecular weight is 379 g/mol. The number of nitrogens with one attached hydrogen (secondary N) is 1. The number of pyridine rings is 1. The Bertz CT molecular complexity index is 733. The molecule has 1 aromatic heterocycles. The van der Waals surface area contributed by atoms with Gasteiger partial charge >= 0.3 is 0 Å². The standard InChI is InChI=1S/C18H20Cl2N4O/c1-13(18(25)22-15-6-4-5-14(19)17(15)20)23-9-11-24(12-10-23)16-7-2-3-8-21-16/h2-8,13H,9-12H2,1H3,(H,22,25)/t13-/m1/s1. The van der Waals surface area contributed by atoms with E-state index < -0.39 is 0 Å². The van der Waals surface area contributed by atoms with Crippen LogP contribution in [0.2, 0.25) is 10.0 Å². The van der Waals surface area contributed by atoms with Gasteiger partial charge in [0.2, 0.25) is 5.91 Å². The first kappa shape index (κ1) is 18.0. The van der Waals surface area contributed by atoms with Crippen LogP contribution >= 0.6 is 23.2 Å².